The molecule has 1 aromatic rings. The Labute approximate surface area is 179 Å². The molecule has 4 aliphatic heterocycles. The van der Waals surface area contributed by atoms with Crippen molar-refractivity contribution in [3.05, 3.63) is 11.6 Å². The Bertz CT molecular complexity index is 637. The molecule has 0 aliphatic carbocycles. The molecule has 27 heavy (non-hydrogen) atoms. The average molecular weight is 488 g/mol. The van der Waals surface area contributed by atoms with Gasteiger partial charge in [-0.25, -0.2) is 9.67 Å². The highest BCUT2D eigenvalue weighted by atomic mass is 127. The topological polar surface area (TPSA) is 73.6 Å². The summed E-state index contributed by atoms with van der Waals surface area (Å²) in [5.41, 5.74) is 0. The lowest BCUT2D eigenvalue weighted by molar-refractivity contribution is 0.0174. The molecule has 0 spiro atoms. The number of hydrogen-bond acceptors (Lipinski definition) is 5. The summed E-state index contributed by atoms with van der Waals surface area (Å²) >= 11 is 0. The van der Waals surface area contributed by atoms with Gasteiger partial charge >= 0.3 is 0 Å². The lowest BCUT2D eigenvalue weighted by Crippen LogP contribution is -2.62. The first kappa shape index (κ1) is 20.8. The predicted molar refractivity (Wildman–Crippen MR) is 118 cm³/mol. The van der Waals surface area contributed by atoms with Gasteiger partial charge in [0.2, 0.25) is 0 Å². The normalized spacial score (nSPS) is 29.8. The highest BCUT2D eigenvalue weighted by molar-refractivity contribution is 14.0. The molecule has 4 aliphatic rings. The zero-order chi connectivity index (χ0) is 17.9. The summed E-state index contributed by atoms with van der Waals surface area (Å²) in [4.78, 5) is 14.7. The van der Waals surface area contributed by atoms with Gasteiger partial charge in [0.1, 0.15) is 5.82 Å². The lowest BCUT2D eigenvalue weighted by Gasteiger charge is -2.47. The van der Waals surface area contributed by atoms with Crippen molar-refractivity contribution >= 4 is 29.9 Å². The Balaban J connectivity index is 0.00000210. The van der Waals surface area contributed by atoms with Crippen molar-refractivity contribution in [3.63, 3.8) is 0 Å². The van der Waals surface area contributed by atoms with E-state index in [2.05, 4.69) is 49.0 Å². The summed E-state index contributed by atoms with van der Waals surface area (Å²) in [5.74, 6) is 3.02. The first-order chi connectivity index (χ1) is 12.7. The van der Waals surface area contributed by atoms with E-state index in [1.54, 1.807) is 0 Å². The van der Waals surface area contributed by atoms with Crippen molar-refractivity contribution in [2.45, 2.75) is 51.7 Å². The Kier molecular flexibility index (Phi) is 7.32. The van der Waals surface area contributed by atoms with E-state index in [1.165, 1.54) is 26.2 Å². The minimum atomic E-state index is 0. The molecule has 5 heterocycles. The molecular formula is C18H33IN8. The van der Waals surface area contributed by atoms with E-state index in [4.69, 9.17) is 4.99 Å². The van der Waals surface area contributed by atoms with Gasteiger partial charge in [-0.1, -0.05) is 6.92 Å². The van der Waals surface area contributed by atoms with Gasteiger partial charge < -0.3 is 10.6 Å². The molecule has 3 fully saturated rings. The van der Waals surface area contributed by atoms with Gasteiger partial charge in [-0.15, -0.1) is 24.0 Å². The number of rotatable bonds is 5. The minimum absolute atomic E-state index is 0. The second kappa shape index (κ2) is 9.51. The van der Waals surface area contributed by atoms with Crippen molar-refractivity contribution < 1.29 is 0 Å². The van der Waals surface area contributed by atoms with Crippen molar-refractivity contribution in [1.82, 2.24) is 35.2 Å². The van der Waals surface area contributed by atoms with Crippen LogP contribution in [0, 0.1) is 0 Å². The first-order valence-corrected chi connectivity index (χ1v) is 10.2. The van der Waals surface area contributed by atoms with E-state index in [0.29, 0.717) is 12.1 Å². The van der Waals surface area contributed by atoms with Crippen molar-refractivity contribution in [3.8, 4) is 0 Å². The molecule has 0 radical (unpaired) electrons. The van der Waals surface area contributed by atoms with Gasteiger partial charge in [0, 0.05) is 64.2 Å². The maximum Gasteiger partial charge on any atom is 0.191 e. The van der Waals surface area contributed by atoms with Crippen LogP contribution in [0.2, 0.25) is 0 Å². The predicted octanol–water partition coefficient (Wildman–Crippen LogP) is 0.328. The van der Waals surface area contributed by atoms with Crippen LogP contribution in [-0.4, -0.2) is 88.4 Å². The molecule has 8 nitrogen and oxygen atoms in total. The largest absolute Gasteiger partial charge is 0.357 e. The molecule has 2 unspecified atom stereocenters. The number of guanidine groups is 1. The van der Waals surface area contributed by atoms with Crippen LogP contribution in [-0.2, 0) is 19.4 Å². The van der Waals surface area contributed by atoms with Gasteiger partial charge in [0.15, 0.2) is 11.8 Å². The average Bonchev–Trinajstić information content (AvgIpc) is 3.10. The quantitative estimate of drug-likeness (QED) is 0.354. The summed E-state index contributed by atoms with van der Waals surface area (Å²) < 4.78 is 2.07. The summed E-state index contributed by atoms with van der Waals surface area (Å²) in [6.45, 7) is 12.9. The molecule has 9 heteroatoms. The molecule has 0 aromatic carbocycles. The molecule has 0 saturated carbocycles. The van der Waals surface area contributed by atoms with E-state index in [1.807, 2.05) is 0 Å². The van der Waals surface area contributed by atoms with E-state index in [9.17, 15) is 0 Å². The van der Waals surface area contributed by atoms with Crippen molar-refractivity contribution in [1.29, 1.82) is 0 Å². The molecule has 5 rings (SSSR count). The molecule has 1 aromatic heterocycles. The zero-order valence-corrected chi connectivity index (χ0v) is 18.9. The van der Waals surface area contributed by atoms with Crippen LogP contribution in [0.4, 0.5) is 0 Å². The Morgan fingerprint density at radius 3 is 2.67 bits per heavy atom. The lowest BCUT2D eigenvalue weighted by atomic mass is 10.1. The van der Waals surface area contributed by atoms with Crippen LogP contribution in [0.1, 0.15) is 31.9 Å². The fraction of sp³-hybridized carbons (Fsp3) is 0.833. The van der Waals surface area contributed by atoms with Crippen molar-refractivity contribution in [2.75, 3.05) is 45.8 Å². The second-order valence-electron chi connectivity index (χ2n) is 7.57. The zero-order valence-electron chi connectivity index (χ0n) is 16.5. The Hall–Kier alpha value is -0.940. The van der Waals surface area contributed by atoms with Crippen LogP contribution in [0.15, 0.2) is 4.99 Å². The SMILES string of the molecule is CCNC(=NCC1CN2CCN1CC2)NC1CCc2nc(CC)nn2C1.I. The Morgan fingerprint density at radius 2 is 2.00 bits per heavy atom. The molecule has 2 N–H and O–H groups in total. The van der Waals surface area contributed by atoms with Gasteiger partial charge in [0.05, 0.1) is 13.1 Å². The third-order valence-corrected chi connectivity index (χ3v) is 5.76. The van der Waals surface area contributed by atoms with E-state index in [0.717, 1.165) is 63.0 Å². The smallest absolute Gasteiger partial charge is 0.191 e. The standard InChI is InChI=1S/C18H32N8.HI/c1-3-16-22-17-6-5-14(12-26(17)23-16)21-18(19-4-2)20-11-15-13-24-7-9-25(15)10-8-24;/h14-15H,3-13H2,1-2H3,(H2,19,20,21);1H. The summed E-state index contributed by atoms with van der Waals surface area (Å²) in [6.07, 6.45) is 2.96. The molecule has 0 amide bonds. The van der Waals surface area contributed by atoms with Crippen molar-refractivity contribution in [2.24, 2.45) is 4.99 Å². The molecule has 2 atom stereocenters. The maximum absolute atomic E-state index is 4.91. The monoisotopic (exact) mass is 488 g/mol. The number of aromatic nitrogens is 3. The number of fused-ring (bicyclic) bond motifs is 4. The van der Waals surface area contributed by atoms with E-state index < -0.39 is 0 Å². The highest BCUT2D eigenvalue weighted by Crippen LogP contribution is 2.16. The summed E-state index contributed by atoms with van der Waals surface area (Å²) in [6, 6.07) is 0.923. The highest BCUT2D eigenvalue weighted by Gasteiger charge is 2.31. The number of piperazine rings is 3. The fourth-order valence-electron chi connectivity index (χ4n) is 4.24. The molecule has 3 saturated heterocycles. The number of halogens is 1. The van der Waals surface area contributed by atoms with E-state index >= 15 is 0 Å². The van der Waals surface area contributed by atoms with Crippen LogP contribution in [0.3, 0.4) is 0 Å². The third kappa shape index (κ3) is 4.92. The minimum Gasteiger partial charge on any atom is -0.357 e. The van der Waals surface area contributed by atoms with Gasteiger partial charge in [-0.05, 0) is 13.3 Å². The number of nitrogens with zero attached hydrogens (tertiary/aromatic N) is 6. The molecule has 2 bridgehead atoms. The third-order valence-electron chi connectivity index (χ3n) is 5.76. The number of hydrogen-bond donors (Lipinski definition) is 2. The summed E-state index contributed by atoms with van der Waals surface area (Å²) in [7, 11) is 0. The van der Waals surface area contributed by atoms with Gasteiger partial charge in [-0.3, -0.25) is 14.8 Å². The van der Waals surface area contributed by atoms with Crippen LogP contribution < -0.4 is 10.6 Å². The van der Waals surface area contributed by atoms with Crippen LogP contribution in [0.25, 0.3) is 0 Å². The first-order valence-electron chi connectivity index (χ1n) is 10.2. The van der Waals surface area contributed by atoms with Gasteiger partial charge in [-0.2, -0.15) is 5.10 Å². The maximum atomic E-state index is 4.91. The fourth-order valence-corrected chi connectivity index (χ4v) is 4.24. The number of aliphatic imine (C=N–C) groups is 1. The van der Waals surface area contributed by atoms with Crippen LogP contribution >= 0.6 is 24.0 Å². The number of aryl methyl sites for hydroxylation is 2. The summed E-state index contributed by atoms with van der Waals surface area (Å²) in [5, 5.41) is 11.7. The second-order valence-corrected chi connectivity index (χ2v) is 7.57. The Morgan fingerprint density at radius 1 is 1.19 bits per heavy atom. The number of nitrogens with one attached hydrogen (secondary N) is 2. The van der Waals surface area contributed by atoms with Gasteiger partial charge in [0.25, 0.3) is 0 Å². The molecule has 152 valence electrons. The molecular weight excluding hydrogens is 455 g/mol. The van der Waals surface area contributed by atoms with E-state index in [-0.39, 0.29) is 24.0 Å². The van der Waals surface area contributed by atoms with Crippen LogP contribution in [0.5, 0.6) is 0 Å².